The Hall–Kier alpha value is -2.80. The highest BCUT2D eigenvalue weighted by Crippen LogP contribution is 2.32. The average molecular weight is 401 g/mol. The zero-order chi connectivity index (χ0) is 20.8. The highest BCUT2D eigenvalue weighted by molar-refractivity contribution is 6.12. The summed E-state index contributed by atoms with van der Waals surface area (Å²) >= 11 is 0. The van der Waals surface area contributed by atoms with Crippen LogP contribution in [0.1, 0.15) is 31.7 Å². The fraction of sp³-hybridized carbons (Fsp3) is 0.364. The first-order valence-electron chi connectivity index (χ1n) is 9.81. The lowest BCUT2D eigenvalue weighted by molar-refractivity contribution is -0.115. The number of anilines is 1. The van der Waals surface area contributed by atoms with Gasteiger partial charge in [0.2, 0.25) is 5.91 Å². The second-order valence-electron chi connectivity index (χ2n) is 6.82. The molecule has 1 aliphatic rings. The summed E-state index contributed by atoms with van der Waals surface area (Å²) < 4.78 is 33.1. The van der Waals surface area contributed by atoms with E-state index in [1.165, 1.54) is 30.5 Å². The average Bonchev–Trinajstić information content (AvgIpc) is 3.01. The van der Waals surface area contributed by atoms with E-state index in [1.807, 2.05) is 0 Å². The van der Waals surface area contributed by atoms with Crippen molar-refractivity contribution in [2.24, 2.45) is 4.99 Å². The van der Waals surface area contributed by atoms with E-state index >= 15 is 0 Å². The highest BCUT2D eigenvalue weighted by atomic mass is 19.1. The third-order valence-corrected chi connectivity index (χ3v) is 4.95. The largest absolute Gasteiger partial charge is 0.490 e. The van der Waals surface area contributed by atoms with Crippen LogP contribution in [0.3, 0.4) is 0 Å². The Morgan fingerprint density at radius 3 is 2.69 bits per heavy atom. The monoisotopic (exact) mass is 401 g/mol. The van der Waals surface area contributed by atoms with Gasteiger partial charge in [-0.25, -0.2) is 8.78 Å². The van der Waals surface area contributed by atoms with E-state index in [0.29, 0.717) is 23.5 Å². The van der Waals surface area contributed by atoms with E-state index in [4.69, 9.17) is 4.74 Å². The van der Waals surface area contributed by atoms with Crippen molar-refractivity contribution in [2.45, 2.75) is 26.2 Å². The molecule has 1 aliphatic heterocycles. The lowest BCUT2D eigenvalue weighted by Crippen LogP contribution is -2.25. The molecule has 0 radical (unpaired) electrons. The number of carbonyl (C=O) groups excluding carboxylic acids is 1. The molecule has 7 heteroatoms. The second-order valence-corrected chi connectivity index (χ2v) is 6.82. The second kappa shape index (κ2) is 9.60. The first-order valence-corrected chi connectivity index (χ1v) is 9.81. The van der Waals surface area contributed by atoms with Crippen LogP contribution in [-0.4, -0.2) is 43.3 Å². The van der Waals surface area contributed by atoms with Gasteiger partial charge in [0.25, 0.3) is 0 Å². The third-order valence-electron chi connectivity index (χ3n) is 4.95. The minimum atomic E-state index is -0.635. The number of amides is 1. The summed E-state index contributed by atoms with van der Waals surface area (Å²) in [4.78, 5) is 18.6. The van der Waals surface area contributed by atoms with Gasteiger partial charge in [-0.3, -0.25) is 9.79 Å². The maximum atomic E-state index is 14.3. The molecule has 1 unspecified atom stereocenters. The smallest absolute Gasteiger partial charge is 0.237 e. The number of carbonyl (C=O) groups is 1. The van der Waals surface area contributed by atoms with Gasteiger partial charge in [0, 0.05) is 24.5 Å². The minimum Gasteiger partial charge on any atom is -0.490 e. The Bertz CT molecular complexity index is 898. The first-order chi connectivity index (χ1) is 14.0. The van der Waals surface area contributed by atoms with Gasteiger partial charge in [0.15, 0.2) is 11.6 Å². The number of fused-ring (bicyclic) bond motifs is 1. The summed E-state index contributed by atoms with van der Waals surface area (Å²) in [6, 6.07) is 8.57. The molecule has 0 bridgehead atoms. The molecule has 1 atom stereocenters. The Balaban J connectivity index is 1.60. The molecular weight excluding hydrogens is 376 g/mol. The van der Waals surface area contributed by atoms with E-state index in [1.54, 1.807) is 12.1 Å². The summed E-state index contributed by atoms with van der Waals surface area (Å²) in [5, 5.41) is 2.62. The Kier molecular flexibility index (Phi) is 6.93. The van der Waals surface area contributed by atoms with Crippen LogP contribution in [0.5, 0.6) is 5.75 Å². The van der Waals surface area contributed by atoms with Crippen LogP contribution in [0.15, 0.2) is 41.4 Å². The number of aliphatic imine (C=N–C) groups is 1. The molecule has 1 N–H and O–H groups in total. The Labute approximate surface area is 169 Å². The maximum absolute atomic E-state index is 14.3. The molecule has 29 heavy (non-hydrogen) atoms. The van der Waals surface area contributed by atoms with Crippen LogP contribution in [0.25, 0.3) is 0 Å². The van der Waals surface area contributed by atoms with Gasteiger partial charge in [-0.1, -0.05) is 19.9 Å². The number of ether oxygens (including phenoxy) is 1. The molecular formula is C22H25F2N3O2. The van der Waals surface area contributed by atoms with E-state index in [2.05, 4.69) is 29.1 Å². The number of rotatable bonds is 9. The van der Waals surface area contributed by atoms with Crippen LogP contribution < -0.4 is 10.1 Å². The van der Waals surface area contributed by atoms with Crippen molar-refractivity contribution in [3.05, 3.63) is 53.6 Å². The maximum Gasteiger partial charge on any atom is 0.237 e. The van der Waals surface area contributed by atoms with Crippen LogP contribution in [-0.2, 0) is 4.79 Å². The summed E-state index contributed by atoms with van der Waals surface area (Å²) in [6.45, 7) is 7.52. The van der Waals surface area contributed by atoms with Crippen molar-refractivity contribution in [3.63, 3.8) is 0 Å². The molecule has 0 saturated heterocycles. The Morgan fingerprint density at radius 1 is 1.17 bits per heavy atom. The van der Waals surface area contributed by atoms with Gasteiger partial charge >= 0.3 is 0 Å². The molecule has 0 spiro atoms. The van der Waals surface area contributed by atoms with Crippen molar-refractivity contribution in [2.75, 3.05) is 31.6 Å². The predicted octanol–water partition coefficient (Wildman–Crippen LogP) is 4.51. The standard InChI is InChI=1S/C22H25F2N3O2/c1-3-27(4-2)10-5-11-29-21-9-7-16(13-19(21)24)25-14-18-17-8-6-15(23)12-20(17)26-22(18)28/h6-9,12-14,18H,3-5,10-11H2,1-2H3,(H,26,28). The fourth-order valence-corrected chi connectivity index (χ4v) is 3.27. The Morgan fingerprint density at radius 2 is 1.97 bits per heavy atom. The summed E-state index contributed by atoms with van der Waals surface area (Å²) in [7, 11) is 0. The number of benzene rings is 2. The van der Waals surface area contributed by atoms with Crippen molar-refractivity contribution in [1.29, 1.82) is 0 Å². The van der Waals surface area contributed by atoms with E-state index in [0.717, 1.165) is 26.1 Å². The quantitative estimate of drug-likeness (QED) is 0.497. The van der Waals surface area contributed by atoms with Crippen LogP contribution in [0, 0.1) is 11.6 Å². The number of nitrogens with zero attached hydrogens (tertiary/aromatic N) is 2. The third kappa shape index (κ3) is 5.17. The van der Waals surface area contributed by atoms with Gasteiger partial charge in [-0.2, -0.15) is 0 Å². The van der Waals surface area contributed by atoms with Gasteiger partial charge in [0.1, 0.15) is 11.7 Å². The minimum absolute atomic E-state index is 0.183. The molecule has 1 heterocycles. The number of halogens is 2. The molecule has 0 aromatic heterocycles. The van der Waals surface area contributed by atoms with Gasteiger partial charge in [0.05, 0.1) is 12.3 Å². The molecule has 2 aromatic carbocycles. The fourth-order valence-electron chi connectivity index (χ4n) is 3.27. The molecule has 3 rings (SSSR count). The van der Waals surface area contributed by atoms with E-state index < -0.39 is 17.6 Å². The number of hydrogen-bond acceptors (Lipinski definition) is 4. The number of hydrogen-bond donors (Lipinski definition) is 1. The van der Waals surface area contributed by atoms with E-state index in [9.17, 15) is 13.6 Å². The number of nitrogens with one attached hydrogen (secondary N) is 1. The normalized spacial score (nSPS) is 15.8. The lowest BCUT2D eigenvalue weighted by atomic mass is 10.0. The van der Waals surface area contributed by atoms with Crippen LogP contribution >= 0.6 is 0 Å². The molecule has 5 nitrogen and oxygen atoms in total. The zero-order valence-electron chi connectivity index (χ0n) is 16.6. The summed E-state index contributed by atoms with van der Waals surface area (Å²) in [5.41, 5.74) is 1.46. The van der Waals surface area contributed by atoms with E-state index in [-0.39, 0.29) is 11.7 Å². The summed E-state index contributed by atoms with van der Waals surface area (Å²) in [6.07, 6.45) is 2.26. The van der Waals surface area contributed by atoms with Crippen LogP contribution in [0.2, 0.25) is 0 Å². The highest BCUT2D eigenvalue weighted by Gasteiger charge is 2.29. The molecule has 0 aliphatic carbocycles. The molecule has 1 amide bonds. The van der Waals surface area contributed by atoms with Crippen LogP contribution in [0.4, 0.5) is 20.2 Å². The van der Waals surface area contributed by atoms with Gasteiger partial charge in [-0.05, 0) is 49.3 Å². The van der Waals surface area contributed by atoms with Crippen molar-refractivity contribution in [1.82, 2.24) is 4.90 Å². The topological polar surface area (TPSA) is 53.9 Å². The molecule has 2 aromatic rings. The molecule has 0 saturated carbocycles. The predicted molar refractivity (Wildman–Crippen MR) is 110 cm³/mol. The summed E-state index contributed by atoms with van der Waals surface area (Å²) in [5.74, 6) is -1.66. The molecule has 0 fully saturated rings. The lowest BCUT2D eigenvalue weighted by Gasteiger charge is -2.17. The first kappa shape index (κ1) is 20.9. The molecule has 154 valence electrons. The van der Waals surface area contributed by atoms with Crippen molar-refractivity contribution in [3.8, 4) is 5.75 Å². The van der Waals surface area contributed by atoms with Crippen molar-refractivity contribution < 1.29 is 18.3 Å². The SMILES string of the molecule is CCN(CC)CCCOc1ccc(N=CC2C(=O)Nc3cc(F)ccc32)cc1F. The zero-order valence-corrected chi connectivity index (χ0v) is 16.6. The van der Waals surface area contributed by atoms with Crippen molar-refractivity contribution >= 4 is 23.5 Å². The van der Waals surface area contributed by atoms with Gasteiger partial charge in [-0.15, -0.1) is 0 Å². The van der Waals surface area contributed by atoms with Gasteiger partial charge < -0.3 is 15.0 Å².